The fourth-order valence-electron chi connectivity index (χ4n) is 10.1. The number of anilines is 1. The number of esters is 1. The molecular formula is C72H68Br5N13O12. The van der Waals surface area contributed by atoms with Gasteiger partial charge in [-0.25, -0.2) is 4.79 Å². The summed E-state index contributed by atoms with van der Waals surface area (Å²) in [6.07, 6.45) is 21.2. The predicted octanol–water partition coefficient (Wildman–Crippen LogP) is 15.9. The highest BCUT2D eigenvalue weighted by Crippen LogP contribution is 2.43. The summed E-state index contributed by atoms with van der Waals surface area (Å²) in [5.41, 5.74) is 23.2. The van der Waals surface area contributed by atoms with Crippen molar-refractivity contribution < 1.29 is 59.1 Å². The molecule has 102 heavy (non-hydrogen) atoms. The molecule has 0 unspecified atom stereocenters. The summed E-state index contributed by atoms with van der Waals surface area (Å²) in [6.45, 7) is 13.3. The molecule has 528 valence electrons. The van der Waals surface area contributed by atoms with Crippen molar-refractivity contribution >= 4 is 127 Å². The number of rotatable bonds is 11. The lowest BCUT2D eigenvalue weighted by atomic mass is 10.00. The van der Waals surface area contributed by atoms with Gasteiger partial charge in [0, 0.05) is 109 Å². The van der Waals surface area contributed by atoms with Crippen molar-refractivity contribution in [2.75, 3.05) is 12.3 Å². The average molecular weight is 1710 g/mol. The highest BCUT2D eigenvalue weighted by Gasteiger charge is 2.25. The van der Waals surface area contributed by atoms with Gasteiger partial charge >= 0.3 is 5.97 Å². The summed E-state index contributed by atoms with van der Waals surface area (Å²) < 4.78 is 22.4. The molecule has 0 amide bonds. The van der Waals surface area contributed by atoms with Gasteiger partial charge in [0.05, 0.1) is 89.6 Å². The smallest absolute Gasteiger partial charge is 0.376 e. The monoisotopic (exact) mass is 1700 g/mol. The van der Waals surface area contributed by atoms with Crippen molar-refractivity contribution in [3.8, 4) is 90.5 Å². The number of fused-ring (bicyclic) bond motifs is 1. The number of phenolic OH excluding ortho intramolecular Hbond substituents is 5. The van der Waals surface area contributed by atoms with E-state index in [1.165, 1.54) is 6.21 Å². The van der Waals surface area contributed by atoms with E-state index in [9.17, 15) is 39.6 Å². The van der Waals surface area contributed by atoms with E-state index in [1.54, 1.807) is 104 Å². The molecule has 0 saturated heterocycles. The van der Waals surface area contributed by atoms with Crippen molar-refractivity contribution in [3.05, 3.63) is 200 Å². The Kier molecular flexibility index (Phi) is 26.9. The zero-order valence-corrected chi connectivity index (χ0v) is 64.8. The minimum Gasteiger partial charge on any atom is -0.507 e. The molecule has 6 heterocycles. The molecule has 6 aromatic heterocycles. The molecule has 0 aliphatic heterocycles. The molecular weight excluding hydrogens is 1640 g/mol. The third-order valence-electron chi connectivity index (χ3n) is 15.6. The number of oxime groups is 1. The number of aryl methyl sites for hydroxylation is 7. The van der Waals surface area contributed by atoms with Crippen LogP contribution in [-0.4, -0.2) is 117 Å². The van der Waals surface area contributed by atoms with Crippen LogP contribution >= 0.6 is 79.6 Å². The highest BCUT2D eigenvalue weighted by molar-refractivity contribution is 9.11. The van der Waals surface area contributed by atoms with E-state index in [4.69, 9.17) is 30.5 Å². The lowest BCUT2D eigenvalue weighted by molar-refractivity contribution is 0.0494. The Bertz CT molecular complexity index is 5210. The maximum atomic E-state index is 12.0. The summed E-state index contributed by atoms with van der Waals surface area (Å²) in [7, 11) is 9.19. The van der Waals surface area contributed by atoms with Gasteiger partial charge in [0.1, 0.15) is 34.8 Å². The summed E-state index contributed by atoms with van der Waals surface area (Å²) in [5, 5.41) is 89.9. The predicted molar refractivity (Wildman–Crippen MR) is 405 cm³/mol. The number of carbonyl (C=O) groups excluding carboxylic acids is 4. The van der Waals surface area contributed by atoms with Gasteiger partial charge < -0.3 is 45.6 Å². The van der Waals surface area contributed by atoms with Gasteiger partial charge in [0.25, 0.3) is 0 Å². The lowest BCUT2D eigenvalue weighted by Gasteiger charge is -2.10. The summed E-state index contributed by atoms with van der Waals surface area (Å²) in [5.74, 6) is -0.472. The van der Waals surface area contributed by atoms with Gasteiger partial charge in [0.15, 0.2) is 24.4 Å². The highest BCUT2D eigenvalue weighted by atomic mass is 79.9. The van der Waals surface area contributed by atoms with Crippen LogP contribution in [0, 0.1) is 52.9 Å². The van der Waals surface area contributed by atoms with Gasteiger partial charge in [-0.1, -0.05) is 21.1 Å². The standard InChI is InChI=1S/C16H16BrN3O3.C12H12BrN3O2.C12H10BrN3O.C12H11BrN2O2.C12H12N2O2.C8H7BrO2/c1-4-22-16(21)15-13(18)11-5-10(9-6-19-20(3)7-9)8(2)12(17)14(11)23-15;1-7-10(9-4-14-16(2)6-9)3-8(5-15-18)12(17)11(7)13;1-7-10(9-5-15-16(2)6-9)3-8(4-14)12(17)11(7)13;1-7-10(9-4-14-15(2)5-9)3-8(6-16)12(17)11(7)13;1-8-3-12(16)9(7-15)4-11(8)10-5-13-14(2)6-10;1-5-2-8(11)6(4-10)3-7(5)9/h5-7H,4,18H2,1-3H3;3-6,17-18H,1-2H3;3,5-6,17H,1-2H3;3-6,17H,1-2H3;3-7,16H,1-2H3;2-4,11H,1H3/b;15-5+;;;;. The number of hydrogen-bond donors (Lipinski definition) is 7. The number of aromatic hydroxyl groups is 5. The molecule has 0 fully saturated rings. The Balaban J connectivity index is 0.000000173. The minimum absolute atomic E-state index is 0.0140. The first-order chi connectivity index (χ1) is 48.3. The van der Waals surface area contributed by atoms with E-state index in [0.29, 0.717) is 59.9 Å². The number of halogens is 5. The Hall–Kier alpha value is -10.5. The Morgan fingerprint density at radius 1 is 0.529 bits per heavy atom. The van der Waals surface area contributed by atoms with E-state index in [2.05, 4.69) is 110 Å². The van der Waals surface area contributed by atoms with Gasteiger partial charge in [-0.15, -0.1) is 0 Å². The number of nitrogens with two attached hydrogens (primary N) is 1. The first-order valence-electron chi connectivity index (χ1n) is 30.3. The molecule has 0 spiro atoms. The number of furan rings is 1. The quantitative estimate of drug-likeness (QED) is 0.0208. The molecule has 0 saturated carbocycles. The van der Waals surface area contributed by atoms with Gasteiger partial charge in [-0.3, -0.25) is 37.8 Å². The molecule has 0 aliphatic rings. The summed E-state index contributed by atoms with van der Waals surface area (Å²) in [6, 6.07) is 15.4. The maximum Gasteiger partial charge on any atom is 0.376 e. The zero-order valence-electron chi connectivity index (χ0n) is 56.9. The van der Waals surface area contributed by atoms with Crippen LogP contribution in [0.3, 0.4) is 0 Å². The fourth-order valence-corrected chi connectivity index (χ4v) is 12.3. The molecule has 25 nitrogen and oxygen atoms in total. The Labute approximate surface area is 627 Å². The molecule has 30 heteroatoms. The summed E-state index contributed by atoms with van der Waals surface area (Å²) >= 11 is 16.7. The van der Waals surface area contributed by atoms with E-state index in [1.807, 2.05) is 120 Å². The van der Waals surface area contributed by atoms with Crippen LogP contribution in [0.2, 0.25) is 0 Å². The van der Waals surface area contributed by atoms with Crippen molar-refractivity contribution in [2.45, 2.75) is 48.5 Å². The minimum atomic E-state index is -0.561. The number of carbonyl (C=O) groups is 4. The number of ether oxygens (including phenoxy) is 1. The van der Waals surface area contributed by atoms with Crippen LogP contribution in [0.1, 0.15) is 93.1 Å². The Morgan fingerprint density at radius 3 is 1.29 bits per heavy atom. The molecule has 0 atom stereocenters. The normalized spacial score (nSPS) is 10.6. The number of aldehydes is 3. The van der Waals surface area contributed by atoms with Gasteiger partial charge in [-0.05, 0) is 222 Å². The Morgan fingerprint density at radius 2 is 0.892 bits per heavy atom. The number of hydrogen-bond acceptors (Lipinski definition) is 20. The number of phenols is 5. The third-order valence-corrected chi connectivity index (χ3v) is 20.4. The largest absolute Gasteiger partial charge is 0.507 e. The van der Waals surface area contributed by atoms with Crippen molar-refractivity contribution in [1.82, 2.24) is 48.9 Å². The van der Waals surface area contributed by atoms with E-state index >= 15 is 0 Å². The fraction of sp³-hybridized carbons (Fsp3) is 0.181. The van der Waals surface area contributed by atoms with Crippen LogP contribution in [0.15, 0.2) is 142 Å². The van der Waals surface area contributed by atoms with Crippen molar-refractivity contribution in [2.24, 2.45) is 40.4 Å². The second-order valence-corrected chi connectivity index (χ2v) is 26.8. The van der Waals surface area contributed by atoms with Crippen LogP contribution in [-0.2, 0) is 40.0 Å². The molecule has 12 aromatic rings. The number of nitriles is 1. The van der Waals surface area contributed by atoms with Crippen LogP contribution in [0.25, 0.3) is 66.6 Å². The third kappa shape index (κ3) is 18.2. The van der Waals surface area contributed by atoms with Crippen LogP contribution in [0.5, 0.6) is 28.7 Å². The zero-order chi connectivity index (χ0) is 75.3. The molecule has 0 aliphatic carbocycles. The van der Waals surface area contributed by atoms with Gasteiger partial charge in [-0.2, -0.15) is 30.8 Å². The SMILES string of the molecule is CCOC(=O)c1oc2c(Br)c(C)c(-c3cnn(C)c3)cc2c1N.Cc1c(-c2cnn(C)c2)cc(/C=N/O)c(O)c1Br.Cc1c(-c2cnn(C)c2)cc(C#N)c(O)c1Br.Cc1c(-c2cnn(C)c2)cc(C=O)c(O)c1Br.Cc1cc(O)c(C=O)cc1-c1cnn(C)c1.Cc1cc(O)c(C=O)cc1Br. The number of nitrogens with zero attached hydrogens (tertiary/aromatic N) is 12. The first kappa shape index (κ1) is 78.9. The topological polar surface area (TPSA) is 363 Å². The van der Waals surface area contributed by atoms with Crippen LogP contribution < -0.4 is 5.73 Å². The van der Waals surface area contributed by atoms with Crippen molar-refractivity contribution in [1.29, 1.82) is 5.26 Å². The molecule has 0 bridgehead atoms. The number of aromatic nitrogens is 10. The molecule has 8 N–H and O–H groups in total. The van der Waals surface area contributed by atoms with Gasteiger partial charge in [0.2, 0.25) is 5.76 Å². The van der Waals surface area contributed by atoms with E-state index in [-0.39, 0.29) is 57.9 Å². The van der Waals surface area contributed by atoms with Crippen molar-refractivity contribution in [3.63, 3.8) is 0 Å². The van der Waals surface area contributed by atoms with E-state index in [0.717, 1.165) is 98.0 Å². The maximum absolute atomic E-state index is 12.0. The molecule has 0 radical (unpaired) electrons. The van der Waals surface area contributed by atoms with Crippen LogP contribution in [0.4, 0.5) is 5.69 Å². The summed E-state index contributed by atoms with van der Waals surface area (Å²) in [4.78, 5) is 43.9. The molecule has 12 rings (SSSR count). The number of benzene rings is 6. The first-order valence-corrected chi connectivity index (χ1v) is 34.2. The molecule has 6 aromatic carbocycles. The van der Waals surface area contributed by atoms with E-state index < -0.39 is 5.97 Å². The second-order valence-electron chi connectivity index (χ2n) is 22.8. The number of nitrogen functional groups attached to an aromatic ring is 1. The average Bonchev–Trinajstić information content (AvgIpc) is 1.59. The second kappa shape index (κ2) is 34.8. The lowest BCUT2D eigenvalue weighted by Crippen LogP contribution is -2.05.